The van der Waals surface area contributed by atoms with E-state index in [0.29, 0.717) is 0 Å². The second-order valence-corrected chi connectivity index (χ2v) is 9.31. The summed E-state index contributed by atoms with van der Waals surface area (Å²) in [6, 6.07) is 7.90. The Morgan fingerprint density at radius 3 is 1.54 bits per heavy atom. The van der Waals surface area contributed by atoms with Crippen LogP contribution in [-0.2, 0) is 37.7 Å². The molecule has 5 nitrogen and oxygen atoms in total. The highest BCUT2D eigenvalue weighted by molar-refractivity contribution is 7.33. The Morgan fingerprint density at radius 1 is 0.808 bits per heavy atom. The van der Waals surface area contributed by atoms with E-state index in [2.05, 4.69) is 51.5 Å². The highest BCUT2D eigenvalue weighted by Crippen LogP contribution is 2.29. The van der Waals surface area contributed by atoms with Gasteiger partial charge in [-0.3, -0.25) is 9.97 Å². The SMILES string of the molecule is CC(C)(C)c1ccnc(CO[P+](=O)OCc2cc(C(C)(C)C)ccn2)c1. The van der Waals surface area contributed by atoms with Crippen LogP contribution in [0.25, 0.3) is 0 Å². The lowest BCUT2D eigenvalue weighted by molar-refractivity contribution is 0.209. The zero-order valence-electron chi connectivity index (χ0n) is 16.4. The lowest BCUT2D eigenvalue weighted by Crippen LogP contribution is -2.12. The van der Waals surface area contributed by atoms with E-state index >= 15 is 0 Å². The molecule has 0 aliphatic rings. The van der Waals surface area contributed by atoms with Gasteiger partial charge in [0.15, 0.2) is 0 Å². The van der Waals surface area contributed by atoms with Gasteiger partial charge in [0.25, 0.3) is 0 Å². The summed E-state index contributed by atoms with van der Waals surface area (Å²) < 4.78 is 22.6. The van der Waals surface area contributed by atoms with Crippen molar-refractivity contribution in [3.05, 3.63) is 59.2 Å². The van der Waals surface area contributed by atoms with E-state index in [9.17, 15) is 4.57 Å². The molecule has 0 aliphatic heterocycles. The summed E-state index contributed by atoms with van der Waals surface area (Å²) in [5.41, 5.74) is 3.84. The summed E-state index contributed by atoms with van der Waals surface area (Å²) in [5.74, 6) is 0. The molecular weight excluding hydrogens is 347 g/mol. The zero-order valence-corrected chi connectivity index (χ0v) is 17.3. The fraction of sp³-hybridized carbons (Fsp3) is 0.500. The van der Waals surface area contributed by atoms with Gasteiger partial charge < -0.3 is 0 Å². The van der Waals surface area contributed by atoms with Crippen LogP contribution in [0.4, 0.5) is 0 Å². The van der Waals surface area contributed by atoms with Gasteiger partial charge in [-0.15, -0.1) is 9.05 Å². The number of aromatic nitrogens is 2. The van der Waals surface area contributed by atoms with Crippen LogP contribution in [0.5, 0.6) is 0 Å². The first-order valence-corrected chi connectivity index (χ1v) is 9.79. The van der Waals surface area contributed by atoms with Crippen molar-refractivity contribution >= 4 is 8.25 Å². The van der Waals surface area contributed by atoms with E-state index in [4.69, 9.17) is 9.05 Å². The van der Waals surface area contributed by atoms with E-state index in [-0.39, 0.29) is 24.0 Å². The summed E-state index contributed by atoms with van der Waals surface area (Å²) in [7, 11) is -2.23. The van der Waals surface area contributed by atoms with E-state index in [1.165, 1.54) is 0 Å². The maximum Gasteiger partial charge on any atom is 0.698 e. The molecule has 0 radical (unpaired) electrons. The first-order valence-electron chi connectivity index (χ1n) is 8.69. The molecule has 2 rings (SSSR count). The molecule has 140 valence electrons. The molecule has 0 aromatic carbocycles. The molecule has 0 N–H and O–H groups in total. The molecule has 0 spiro atoms. The number of hydrogen-bond acceptors (Lipinski definition) is 5. The van der Waals surface area contributed by atoms with E-state index in [1.807, 2.05) is 24.3 Å². The zero-order chi connectivity index (χ0) is 19.4. The van der Waals surface area contributed by atoms with Gasteiger partial charge in [-0.05, 0) is 46.2 Å². The van der Waals surface area contributed by atoms with Crippen LogP contribution in [0.15, 0.2) is 36.7 Å². The molecule has 0 amide bonds. The van der Waals surface area contributed by atoms with Gasteiger partial charge in [-0.25, -0.2) is 0 Å². The van der Waals surface area contributed by atoms with Crippen LogP contribution in [0.2, 0.25) is 0 Å². The first-order chi connectivity index (χ1) is 12.1. The minimum absolute atomic E-state index is 0.0279. The fourth-order valence-corrected chi connectivity index (χ4v) is 2.87. The first kappa shape index (κ1) is 20.6. The molecule has 0 bridgehead atoms. The summed E-state index contributed by atoms with van der Waals surface area (Å²) in [6.07, 6.45) is 3.49. The molecule has 0 fully saturated rings. The Hall–Kier alpha value is -1.68. The third-order valence-corrected chi connectivity index (χ3v) is 4.68. The third-order valence-electron chi connectivity index (χ3n) is 4.00. The minimum Gasteiger partial charge on any atom is -0.259 e. The maximum absolute atomic E-state index is 12.0. The Labute approximate surface area is 157 Å². The van der Waals surface area contributed by atoms with Crippen molar-refractivity contribution in [2.24, 2.45) is 0 Å². The Morgan fingerprint density at radius 2 is 1.19 bits per heavy atom. The fourth-order valence-electron chi connectivity index (χ4n) is 2.32. The highest BCUT2D eigenvalue weighted by atomic mass is 31.1. The third kappa shape index (κ3) is 6.24. The Bertz CT molecular complexity index is 701. The lowest BCUT2D eigenvalue weighted by Gasteiger charge is -2.19. The van der Waals surface area contributed by atoms with E-state index < -0.39 is 8.25 Å². The van der Waals surface area contributed by atoms with Crippen molar-refractivity contribution in [2.75, 3.05) is 0 Å². The van der Waals surface area contributed by atoms with E-state index in [1.54, 1.807) is 12.4 Å². The van der Waals surface area contributed by atoms with Crippen LogP contribution in [-0.4, -0.2) is 9.97 Å². The standard InChI is InChI=1S/C20H28N2O3P/c1-19(2,3)15-7-9-21-17(11-15)13-24-26(23)25-14-18-12-16(8-10-22-18)20(4,5)6/h7-12H,13-14H2,1-6H3/q+1. The summed E-state index contributed by atoms with van der Waals surface area (Å²) in [6.45, 7) is 13.1. The number of nitrogens with zero attached hydrogens (tertiary/aromatic N) is 2. The highest BCUT2D eigenvalue weighted by Gasteiger charge is 2.23. The number of hydrogen-bond donors (Lipinski definition) is 0. The van der Waals surface area contributed by atoms with Crippen molar-refractivity contribution in [1.29, 1.82) is 0 Å². The van der Waals surface area contributed by atoms with Crippen molar-refractivity contribution in [2.45, 2.75) is 65.6 Å². The largest absolute Gasteiger partial charge is 0.698 e. The van der Waals surface area contributed by atoms with Gasteiger partial charge in [0.2, 0.25) is 0 Å². The van der Waals surface area contributed by atoms with Gasteiger partial charge >= 0.3 is 8.25 Å². The Balaban J connectivity index is 1.88. The summed E-state index contributed by atoms with van der Waals surface area (Å²) >= 11 is 0. The van der Waals surface area contributed by atoms with Crippen molar-refractivity contribution in [1.82, 2.24) is 9.97 Å². The molecule has 0 saturated carbocycles. The molecule has 26 heavy (non-hydrogen) atoms. The molecule has 2 heterocycles. The van der Waals surface area contributed by atoms with Crippen molar-refractivity contribution in [3.8, 4) is 0 Å². The number of pyridine rings is 2. The quantitative estimate of drug-likeness (QED) is 0.627. The van der Waals surface area contributed by atoms with Gasteiger partial charge in [0.1, 0.15) is 13.2 Å². The summed E-state index contributed by atoms with van der Waals surface area (Å²) in [5, 5.41) is 0. The second kappa shape index (κ2) is 8.34. The normalized spacial score (nSPS) is 12.2. The molecule has 0 atom stereocenters. The molecule has 0 unspecified atom stereocenters. The van der Waals surface area contributed by atoms with Crippen LogP contribution in [0, 0.1) is 0 Å². The monoisotopic (exact) mass is 375 g/mol. The van der Waals surface area contributed by atoms with Gasteiger partial charge in [-0.1, -0.05) is 41.5 Å². The van der Waals surface area contributed by atoms with Gasteiger partial charge in [0, 0.05) is 17.0 Å². The maximum atomic E-state index is 12.0. The molecule has 0 aliphatic carbocycles. The van der Waals surface area contributed by atoms with Crippen LogP contribution < -0.4 is 0 Å². The van der Waals surface area contributed by atoms with Crippen LogP contribution >= 0.6 is 8.25 Å². The Kier molecular flexibility index (Phi) is 6.62. The smallest absolute Gasteiger partial charge is 0.259 e. The van der Waals surface area contributed by atoms with Crippen LogP contribution in [0.3, 0.4) is 0 Å². The molecule has 2 aromatic heterocycles. The lowest BCUT2D eigenvalue weighted by atomic mass is 9.87. The predicted octanol–water partition coefficient (Wildman–Crippen LogP) is 5.46. The van der Waals surface area contributed by atoms with E-state index in [0.717, 1.165) is 22.5 Å². The average Bonchev–Trinajstić information content (AvgIpc) is 2.57. The van der Waals surface area contributed by atoms with Crippen molar-refractivity contribution < 1.29 is 13.6 Å². The van der Waals surface area contributed by atoms with Gasteiger partial charge in [-0.2, -0.15) is 0 Å². The topological polar surface area (TPSA) is 61.3 Å². The summed E-state index contributed by atoms with van der Waals surface area (Å²) in [4.78, 5) is 8.52. The molecule has 6 heteroatoms. The van der Waals surface area contributed by atoms with Crippen molar-refractivity contribution in [3.63, 3.8) is 0 Å². The predicted molar refractivity (Wildman–Crippen MR) is 103 cm³/mol. The molecule has 2 aromatic rings. The van der Waals surface area contributed by atoms with Gasteiger partial charge in [0.05, 0.1) is 11.4 Å². The van der Waals surface area contributed by atoms with Crippen LogP contribution in [0.1, 0.15) is 64.1 Å². The molecule has 0 saturated heterocycles. The molecular formula is C20H28N2O3P+. The second-order valence-electron chi connectivity index (χ2n) is 8.34. The number of rotatable bonds is 6. The average molecular weight is 375 g/mol. The minimum atomic E-state index is -2.23.